The van der Waals surface area contributed by atoms with Crippen molar-refractivity contribution in [2.45, 2.75) is 6.42 Å². The smallest absolute Gasteiger partial charge is 0.0659 e. The van der Waals surface area contributed by atoms with E-state index in [1.807, 2.05) is 0 Å². The van der Waals surface area contributed by atoms with Crippen LogP contribution in [0.3, 0.4) is 0 Å². The second-order valence-electron chi connectivity index (χ2n) is 2.47. The lowest BCUT2D eigenvalue weighted by atomic mass is 10.2. The highest BCUT2D eigenvalue weighted by Gasteiger charge is 1.91. The summed E-state index contributed by atoms with van der Waals surface area (Å²) in [4.78, 5) is 6.46. The first-order valence-electron chi connectivity index (χ1n) is 4.04. The van der Waals surface area contributed by atoms with Gasteiger partial charge in [0.2, 0.25) is 0 Å². The van der Waals surface area contributed by atoms with Gasteiger partial charge < -0.3 is 5.73 Å². The highest BCUT2D eigenvalue weighted by atomic mass is 15.1. The standard InChI is InChI=1S/C9H9N5/c10-9-7-12-6-4-8(9)3-1-2-5-13-14-11/h4,6-7H,2,5,10H2. The molecule has 14 heavy (non-hydrogen) atoms. The molecule has 0 spiro atoms. The molecule has 5 nitrogen and oxygen atoms in total. The molecule has 1 rings (SSSR count). The second kappa shape index (κ2) is 5.46. The molecule has 0 aliphatic rings. The van der Waals surface area contributed by atoms with E-state index in [-0.39, 0.29) is 0 Å². The predicted molar refractivity (Wildman–Crippen MR) is 54.2 cm³/mol. The molecule has 0 saturated heterocycles. The first-order valence-corrected chi connectivity index (χ1v) is 4.04. The number of nitrogens with two attached hydrogens (primary N) is 1. The average Bonchev–Trinajstić information content (AvgIpc) is 2.20. The SMILES string of the molecule is [N-]=[N+]=NCCC#Cc1ccncc1N. The molecule has 0 unspecified atom stereocenters. The Kier molecular flexibility index (Phi) is 3.86. The van der Waals surface area contributed by atoms with Gasteiger partial charge in [-0.25, -0.2) is 0 Å². The maximum atomic E-state index is 8.01. The monoisotopic (exact) mass is 187 g/mol. The average molecular weight is 187 g/mol. The molecular weight excluding hydrogens is 178 g/mol. The Morgan fingerprint density at radius 2 is 2.50 bits per heavy atom. The molecule has 1 aromatic heterocycles. The van der Waals surface area contributed by atoms with E-state index in [1.54, 1.807) is 18.5 Å². The Hall–Kier alpha value is -2.18. The number of hydrogen-bond donors (Lipinski definition) is 1. The molecule has 2 N–H and O–H groups in total. The number of pyridine rings is 1. The molecular formula is C9H9N5. The minimum atomic E-state index is 0.383. The van der Waals surface area contributed by atoms with Crippen LogP contribution in [0.25, 0.3) is 10.4 Å². The lowest BCUT2D eigenvalue weighted by molar-refractivity contribution is 1.01. The number of anilines is 1. The third-order valence-electron chi connectivity index (χ3n) is 1.47. The van der Waals surface area contributed by atoms with Gasteiger partial charge in [-0.2, -0.15) is 0 Å². The molecule has 0 aromatic carbocycles. The summed E-state index contributed by atoms with van der Waals surface area (Å²) in [7, 11) is 0. The zero-order chi connectivity index (χ0) is 10.2. The Labute approximate surface area is 81.6 Å². The number of aromatic nitrogens is 1. The predicted octanol–water partition coefficient (Wildman–Crippen LogP) is 1.72. The maximum absolute atomic E-state index is 8.01. The summed E-state index contributed by atoms with van der Waals surface area (Å²) in [5.74, 6) is 5.73. The van der Waals surface area contributed by atoms with Crippen molar-refractivity contribution in [1.82, 2.24) is 4.98 Å². The van der Waals surface area contributed by atoms with E-state index in [4.69, 9.17) is 11.3 Å². The number of azide groups is 1. The van der Waals surface area contributed by atoms with Crippen LogP contribution < -0.4 is 5.73 Å². The summed E-state index contributed by atoms with van der Waals surface area (Å²) in [6.45, 7) is 0.383. The van der Waals surface area contributed by atoms with Crippen LogP contribution in [0.2, 0.25) is 0 Å². The van der Waals surface area contributed by atoms with Crippen molar-refractivity contribution in [2.75, 3.05) is 12.3 Å². The van der Waals surface area contributed by atoms with Crippen LogP contribution in [0.4, 0.5) is 5.69 Å². The molecule has 0 atom stereocenters. The van der Waals surface area contributed by atoms with Gasteiger partial charge in [0.1, 0.15) is 0 Å². The zero-order valence-electron chi connectivity index (χ0n) is 7.51. The van der Waals surface area contributed by atoms with E-state index >= 15 is 0 Å². The molecule has 1 aromatic rings. The molecule has 1 heterocycles. The van der Waals surface area contributed by atoms with Crippen molar-refractivity contribution < 1.29 is 0 Å². The molecule has 0 aliphatic heterocycles. The van der Waals surface area contributed by atoms with Crippen molar-refractivity contribution in [1.29, 1.82) is 0 Å². The number of nitrogens with zero attached hydrogens (tertiary/aromatic N) is 4. The first-order chi connectivity index (χ1) is 6.84. The van der Waals surface area contributed by atoms with Crippen molar-refractivity contribution in [3.8, 4) is 11.8 Å². The van der Waals surface area contributed by atoms with Gasteiger partial charge in [0.15, 0.2) is 0 Å². The summed E-state index contributed by atoms with van der Waals surface area (Å²) in [6, 6.07) is 1.75. The fourth-order valence-electron chi connectivity index (χ4n) is 0.829. The van der Waals surface area contributed by atoms with Crippen LogP contribution >= 0.6 is 0 Å². The third kappa shape index (κ3) is 3.05. The Morgan fingerprint density at radius 1 is 1.64 bits per heavy atom. The van der Waals surface area contributed by atoms with Crippen molar-refractivity contribution in [3.05, 3.63) is 34.5 Å². The van der Waals surface area contributed by atoms with Crippen molar-refractivity contribution in [3.63, 3.8) is 0 Å². The topological polar surface area (TPSA) is 87.7 Å². The van der Waals surface area contributed by atoms with Crippen LogP contribution in [0, 0.1) is 11.8 Å². The zero-order valence-corrected chi connectivity index (χ0v) is 7.51. The van der Waals surface area contributed by atoms with Crippen LogP contribution in [-0.4, -0.2) is 11.5 Å². The minimum Gasteiger partial charge on any atom is -0.396 e. The van der Waals surface area contributed by atoms with Crippen molar-refractivity contribution in [2.24, 2.45) is 5.11 Å². The third-order valence-corrected chi connectivity index (χ3v) is 1.47. The number of hydrogen-bond acceptors (Lipinski definition) is 3. The van der Waals surface area contributed by atoms with E-state index in [1.165, 1.54) is 0 Å². The molecule has 0 fully saturated rings. The summed E-state index contributed by atoms with van der Waals surface area (Å²) >= 11 is 0. The first kappa shape index (κ1) is 9.90. The summed E-state index contributed by atoms with van der Waals surface area (Å²) in [5, 5.41) is 3.36. The summed E-state index contributed by atoms with van der Waals surface area (Å²) < 4.78 is 0. The van der Waals surface area contributed by atoms with Gasteiger partial charge in [0, 0.05) is 24.1 Å². The highest BCUT2D eigenvalue weighted by Crippen LogP contribution is 2.05. The molecule has 0 radical (unpaired) electrons. The molecule has 0 saturated carbocycles. The van der Waals surface area contributed by atoms with E-state index in [0.29, 0.717) is 18.7 Å². The van der Waals surface area contributed by atoms with Crippen LogP contribution in [0.5, 0.6) is 0 Å². The lowest BCUT2D eigenvalue weighted by Gasteiger charge is -1.93. The normalized spacial score (nSPS) is 8.29. The highest BCUT2D eigenvalue weighted by molar-refractivity contribution is 5.53. The summed E-state index contributed by atoms with van der Waals surface area (Å²) in [6.07, 6.45) is 3.72. The quantitative estimate of drug-likeness (QED) is 0.251. The van der Waals surface area contributed by atoms with E-state index < -0.39 is 0 Å². The molecule has 0 amide bonds. The Bertz CT molecular complexity index is 409. The van der Waals surface area contributed by atoms with Gasteiger partial charge in [-0.15, -0.1) is 0 Å². The van der Waals surface area contributed by atoms with E-state index in [2.05, 4.69) is 26.9 Å². The van der Waals surface area contributed by atoms with Gasteiger partial charge in [0.05, 0.1) is 17.4 Å². The molecule has 70 valence electrons. The lowest BCUT2D eigenvalue weighted by Crippen LogP contribution is -1.90. The fraction of sp³-hybridized carbons (Fsp3) is 0.222. The largest absolute Gasteiger partial charge is 0.396 e. The van der Waals surface area contributed by atoms with E-state index in [9.17, 15) is 0 Å². The second-order valence-corrected chi connectivity index (χ2v) is 2.47. The van der Waals surface area contributed by atoms with Gasteiger partial charge in [-0.05, 0) is 11.6 Å². The van der Waals surface area contributed by atoms with Gasteiger partial charge in [0.25, 0.3) is 0 Å². The number of rotatable bonds is 2. The van der Waals surface area contributed by atoms with E-state index in [0.717, 1.165) is 5.56 Å². The minimum absolute atomic E-state index is 0.383. The van der Waals surface area contributed by atoms with Crippen molar-refractivity contribution >= 4 is 5.69 Å². The van der Waals surface area contributed by atoms with Gasteiger partial charge in [-0.1, -0.05) is 17.0 Å². The Morgan fingerprint density at radius 3 is 3.21 bits per heavy atom. The van der Waals surface area contributed by atoms with Gasteiger partial charge in [-0.3, -0.25) is 4.98 Å². The van der Waals surface area contributed by atoms with Crippen LogP contribution in [0.15, 0.2) is 23.6 Å². The molecule has 0 aliphatic carbocycles. The Balaban J connectivity index is 2.59. The van der Waals surface area contributed by atoms with Gasteiger partial charge >= 0.3 is 0 Å². The number of nitrogen functional groups attached to an aromatic ring is 1. The molecule has 5 heteroatoms. The summed E-state index contributed by atoms with van der Waals surface area (Å²) in [5.41, 5.74) is 14.9. The maximum Gasteiger partial charge on any atom is 0.0659 e. The molecule has 0 bridgehead atoms. The van der Waals surface area contributed by atoms with Crippen LogP contribution in [0.1, 0.15) is 12.0 Å². The fourth-order valence-corrected chi connectivity index (χ4v) is 0.829. The van der Waals surface area contributed by atoms with Crippen LogP contribution in [-0.2, 0) is 0 Å².